The molecule has 1 aliphatic rings. The Morgan fingerprint density at radius 3 is 2.60 bits per heavy atom. The fourth-order valence-corrected chi connectivity index (χ4v) is 4.35. The minimum atomic E-state index is 0.554. The van der Waals surface area contributed by atoms with Crippen molar-refractivity contribution in [1.82, 2.24) is 30.1 Å². The van der Waals surface area contributed by atoms with Crippen LogP contribution < -0.4 is 5.32 Å². The summed E-state index contributed by atoms with van der Waals surface area (Å²) < 4.78 is 1.74. The Hall–Kier alpha value is -3.15. The van der Waals surface area contributed by atoms with E-state index in [0.717, 1.165) is 32.0 Å². The number of nitriles is 1. The Labute approximate surface area is 179 Å². The summed E-state index contributed by atoms with van der Waals surface area (Å²) in [6.45, 7) is 4.54. The number of nitrogens with one attached hydrogen (secondary N) is 2. The van der Waals surface area contributed by atoms with E-state index in [9.17, 15) is 5.26 Å². The number of aryl methyl sites for hydroxylation is 1. The lowest BCUT2D eigenvalue weighted by molar-refractivity contribution is 0.520. The lowest BCUT2D eigenvalue weighted by Crippen LogP contribution is -2.21. The number of aromatic nitrogens is 5. The van der Waals surface area contributed by atoms with Gasteiger partial charge in [-0.15, -0.1) is 0 Å². The van der Waals surface area contributed by atoms with Gasteiger partial charge in [0.05, 0.1) is 23.5 Å². The second-order valence-corrected chi connectivity index (χ2v) is 8.18. The molecule has 2 N–H and O–H groups in total. The van der Waals surface area contributed by atoms with Gasteiger partial charge in [-0.1, -0.05) is 18.2 Å². The van der Waals surface area contributed by atoms with Crippen molar-refractivity contribution in [3.63, 3.8) is 0 Å². The van der Waals surface area contributed by atoms with E-state index in [-0.39, 0.29) is 0 Å². The van der Waals surface area contributed by atoms with Crippen molar-refractivity contribution in [1.29, 1.82) is 5.26 Å². The topological polar surface area (TPSA) is 94.7 Å². The van der Waals surface area contributed by atoms with Gasteiger partial charge in [-0.2, -0.15) is 15.5 Å². The molecule has 0 spiro atoms. The van der Waals surface area contributed by atoms with E-state index in [1.54, 1.807) is 34.9 Å². The van der Waals surface area contributed by atoms with Crippen molar-refractivity contribution in [3.05, 3.63) is 60.4 Å². The maximum atomic E-state index is 9.38. The quantitative estimate of drug-likeness (QED) is 0.518. The average molecular weight is 418 g/mol. The first-order valence-corrected chi connectivity index (χ1v) is 10.8. The molecule has 30 heavy (non-hydrogen) atoms. The van der Waals surface area contributed by atoms with Crippen LogP contribution in [0.5, 0.6) is 0 Å². The Kier molecular flexibility index (Phi) is 6.42. The van der Waals surface area contributed by atoms with Crippen molar-refractivity contribution in [2.45, 2.75) is 36.0 Å². The van der Waals surface area contributed by atoms with Gasteiger partial charge in [0.1, 0.15) is 6.07 Å². The van der Waals surface area contributed by atoms with Crippen LogP contribution in [0.4, 0.5) is 0 Å². The highest BCUT2D eigenvalue weighted by Crippen LogP contribution is 2.36. The summed E-state index contributed by atoms with van der Waals surface area (Å²) in [5.41, 5.74) is 4.44. The SMILES string of the molecule is C1CCNCC1.Cc1ccncc1Sc1cc(-c2cn[nH]c2)cn2ncc(C#N)c12. The number of pyridine rings is 2. The second kappa shape index (κ2) is 9.57. The zero-order chi connectivity index (χ0) is 20.8. The van der Waals surface area contributed by atoms with Crippen LogP contribution in [-0.2, 0) is 0 Å². The Bertz CT molecular complexity index is 1140. The molecule has 0 amide bonds. The third kappa shape index (κ3) is 4.53. The molecule has 7 nitrogen and oxygen atoms in total. The van der Waals surface area contributed by atoms with Gasteiger partial charge in [-0.05, 0) is 50.6 Å². The van der Waals surface area contributed by atoms with Crippen LogP contribution in [0, 0.1) is 18.3 Å². The summed E-state index contributed by atoms with van der Waals surface area (Å²) >= 11 is 1.58. The normalized spacial score (nSPS) is 13.5. The summed E-state index contributed by atoms with van der Waals surface area (Å²) in [4.78, 5) is 6.21. The zero-order valence-corrected chi connectivity index (χ0v) is 17.6. The predicted molar refractivity (Wildman–Crippen MR) is 117 cm³/mol. The van der Waals surface area contributed by atoms with Gasteiger partial charge < -0.3 is 5.32 Å². The minimum Gasteiger partial charge on any atom is -0.317 e. The van der Waals surface area contributed by atoms with Crippen LogP contribution in [0.25, 0.3) is 16.6 Å². The van der Waals surface area contributed by atoms with Gasteiger partial charge in [0.25, 0.3) is 0 Å². The number of fused-ring (bicyclic) bond motifs is 1. The van der Waals surface area contributed by atoms with Crippen molar-refractivity contribution < 1.29 is 0 Å². The highest BCUT2D eigenvalue weighted by Gasteiger charge is 2.14. The Morgan fingerprint density at radius 1 is 1.10 bits per heavy atom. The average Bonchev–Trinajstić information content (AvgIpc) is 3.47. The summed E-state index contributed by atoms with van der Waals surface area (Å²) in [7, 11) is 0. The summed E-state index contributed by atoms with van der Waals surface area (Å²) in [6.07, 6.45) is 14.9. The van der Waals surface area contributed by atoms with Crippen LogP contribution in [0.1, 0.15) is 30.4 Å². The number of H-pyrrole nitrogens is 1. The fraction of sp³-hybridized carbons (Fsp3) is 0.273. The molecule has 0 radical (unpaired) electrons. The van der Waals surface area contributed by atoms with E-state index < -0.39 is 0 Å². The predicted octanol–water partition coefficient (Wildman–Crippen LogP) is 4.21. The third-order valence-corrected chi connectivity index (χ3v) is 6.13. The zero-order valence-electron chi connectivity index (χ0n) is 16.8. The Balaban J connectivity index is 0.000000313. The molecule has 4 aromatic rings. The second-order valence-electron chi connectivity index (χ2n) is 7.10. The number of hydrogen-bond donors (Lipinski definition) is 2. The molecule has 4 aromatic heterocycles. The molecule has 5 heterocycles. The molecular formula is C22H23N7S. The van der Waals surface area contributed by atoms with Crippen LogP contribution in [-0.4, -0.2) is 37.9 Å². The molecular weight excluding hydrogens is 394 g/mol. The number of hydrogen-bond acceptors (Lipinski definition) is 6. The van der Waals surface area contributed by atoms with Crippen LogP contribution in [0.2, 0.25) is 0 Å². The maximum Gasteiger partial charge on any atom is 0.103 e. The highest BCUT2D eigenvalue weighted by molar-refractivity contribution is 7.99. The molecule has 152 valence electrons. The summed E-state index contributed by atoms with van der Waals surface area (Å²) in [5, 5.41) is 23.8. The first-order valence-electron chi connectivity index (χ1n) is 9.96. The van der Waals surface area contributed by atoms with Crippen LogP contribution in [0.15, 0.2) is 59.1 Å². The van der Waals surface area contributed by atoms with Crippen molar-refractivity contribution in [3.8, 4) is 17.2 Å². The van der Waals surface area contributed by atoms with Crippen molar-refractivity contribution in [2.75, 3.05) is 13.1 Å². The minimum absolute atomic E-state index is 0.554. The van der Waals surface area contributed by atoms with Gasteiger partial charge in [0, 0.05) is 45.7 Å². The van der Waals surface area contributed by atoms with Gasteiger partial charge in [-0.3, -0.25) is 10.1 Å². The van der Waals surface area contributed by atoms with Crippen LogP contribution >= 0.6 is 11.8 Å². The number of nitrogens with zero attached hydrogens (tertiary/aromatic N) is 5. The van der Waals surface area contributed by atoms with Crippen molar-refractivity contribution in [2.24, 2.45) is 0 Å². The first kappa shape index (κ1) is 20.1. The molecule has 1 aliphatic heterocycles. The monoisotopic (exact) mass is 417 g/mol. The summed E-state index contributed by atoms with van der Waals surface area (Å²) in [5.74, 6) is 0. The molecule has 0 saturated carbocycles. The summed E-state index contributed by atoms with van der Waals surface area (Å²) in [6, 6.07) is 6.24. The number of rotatable bonds is 3. The van der Waals surface area contributed by atoms with E-state index in [0.29, 0.717) is 5.56 Å². The van der Waals surface area contributed by atoms with E-state index in [2.05, 4.69) is 37.7 Å². The largest absolute Gasteiger partial charge is 0.317 e. The molecule has 0 unspecified atom stereocenters. The van der Waals surface area contributed by atoms with Gasteiger partial charge >= 0.3 is 0 Å². The number of aromatic amines is 1. The van der Waals surface area contributed by atoms with E-state index in [1.807, 2.05) is 31.6 Å². The highest BCUT2D eigenvalue weighted by atomic mass is 32.2. The smallest absolute Gasteiger partial charge is 0.103 e. The lowest BCUT2D eigenvalue weighted by atomic mass is 10.1. The molecule has 0 aromatic carbocycles. The van der Waals surface area contributed by atoms with Crippen molar-refractivity contribution >= 4 is 17.3 Å². The first-order chi connectivity index (χ1) is 14.8. The number of piperidine rings is 1. The Morgan fingerprint density at radius 2 is 1.97 bits per heavy atom. The molecule has 5 rings (SSSR count). The standard InChI is InChI=1S/C17H12N6S.C5H11N/c1-11-2-3-19-9-16(11)24-15-4-12(14-6-20-21-7-14)10-23-17(15)13(5-18)8-22-23;1-2-4-6-5-3-1/h2-4,6-10H,1H3,(H,20,21);6H,1-5H2. The molecule has 0 aliphatic carbocycles. The maximum absolute atomic E-state index is 9.38. The van der Waals surface area contributed by atoms with Gasteiger partial charge in [-0.25, -0.2) is 4.52 Å². The third-order valence-electron chi connectivity index (χ3n) is 4.95. The van der Waals surface area contributed by atoms with E-state index in [1.165, 1.54) is 32.4 Å². The van der Waals surface area contributed by atoms with Gasteiger partial charge in [0.2, 0.25) is 0 Å². The molecule has 1 saturated heterocycles. The molecule has 0 bridgehead atoms. The molecule has 1 fully saturated rings. The van der Waals surface area contributed by atoms with E-state index in [4.69, 9.17) is 0 Å². The molecule has 8 heteroatoms. The van der Waals surface area contributed by atoms with Gasteiger partial charge in [0.15, 0.2) is 0 Å². The van der Waals surface area contributed by atoms with Crippen LogP contribution in [0.3, 0.4) is 0 Å². The molecule has 0 atom stereocenters. The van der Waals surface area contributed by atoms with E-state index >= 15 is 0 Å². The fourth-order valence-electron chi connectivity index (χ4n) is 3.29. The lowest BCUT2D eigenvalue weighted by Gasteiger charge is -2.09.